The van der Waals surface area contributed by atoms with Crippen molar-refractivity contribution in [1.29, 1.82) is 0 Å². The Morgan fingerprint density at radius 2 is 1.69 bits per heavy atom. The molecule has 0 bridgehead atoms. The minimum atomic E-state index is -4.77. The fraction of sp³-hybridized carbons (Fsp3) is 0.208. The molecule has 2 heterocycles. The average molecular weight is 499 g/mol. The van der Waals surface area contributed by atoms with E-state index in [0.29, 0.717) is 28.0 Å². The molecule has 0 spiro atoms. The van der Waals surface area contributed by atoms with Crippen LogP contribution in [-0.2, 0) is 20.3 Å². The maximum absolute atomic E-state index is 13.3. The Kier molecular flexibility index (Phi) is 6.12. The lowest BCUT2D eigenvalue weighted by molar-refractivity contribution is -0.385. The van der Waals surface area contributed by atoms with Crippen molar-refractivity contribution in [2.24, 2.45) is 14.1 Å². The highest BCUT2D eigenvalue weighted by atomic mass is 19.4. The molecule has 2 aromatic heterocycles. The SMILES string of the molecule is CC(Nc1nn(C)c(=O)c2ccc(-c3ccn(C)c(=O)c3)cc12)c1cc([N+](=O)[O-])cc(C(F)(F)F)c1. The molecule has 0 aliphatic rings. The van der Waals surface area contributed by atoms with Crippen molar-refractivity contribution >= 4 is 22.3 Å². The molecule has 0 saturated heterocycles. The van der Waals surface area contributed by atoms with Crippen molar-refractivity contribution in [2.75, 3.05) is 5.32 Å². The van der Waals surface area contributed by atoms with Gasteiger partial charge < -0.3 is 9.88 Å². The topological polar surface area (TPSA) is 112 Å². The van der Waals surface area contributed by atoms with E-state index < -0.39 is 34.0 Å². The third kappa shape index (κ3) is 4.69. The molecule has 1 atom stereocenters. The van der Waals surface area contributed by atoms with Gasteiger partial charge in [0.2, 0.25) is 0 Å². The van der Waals surface area contributed by atoms with Crippen LogP contribution in [0.2, 0.25) is 0 Å². The third-order valence-corrected chi connectivity index (χ3v) is 5.82. The van der Waals surface area contributed by atoms with Crippen LogP contribution in [0.15, 0.2) is 64.3 Å². The van der Waals surface area contributed by atoms with Gasteiger partial charge >= 0.3 is 6.18 Å². The molecule has 0 radical (unpaired) electrons. The third-order valence-electron chi connectivity index (χ3n) is 5.82. The van der Waals surface area contributed by atoms with E-state index in [9.17, 15) is 32.9 Å². The summed E-state index contributed by atoms with van der Waals surface area (Å²) in [6.07, 6.45) is -3.17. The Labute approximate surface area is 201 Å². The van der Waals surface area contributed by atoms with Crippen molar-refractivity contribution in [2.45, 2.75) is 19.1 Å². The molecule has 0 fully saturated rings. The van der Waals surface area contributed by atoms with Crippen LogP contribution >= 0.6 is 0 Å². The number of fused-ring (bicyclic) bond motifs is 1. The molecule has 0 aliphatic carbocycles. The van der Waals surface area contributed by atoms with Gasteiger partial charge in [0.1, 0.15) is 0 Å². The average Bonchev–Trinajstić information content (AvgIpc) is 2.82. The Bertz CT molecular complexity index is 1630. The number of aromatic nitrogens is 3. The maximum atomic E-state index is 13.3. The number of nitro groups is 1. The van der Waals surface area contributed by atoms with Gasteiger partial charge in [-0.05, 0) is 47.9 Å². The smallest absolute Gasteiger partial charge is 0.362 e. The van der Waals surface area contributed by atoms with Gasteiger partial charge in [0, 0.05) is 43.9 Å². The van der Waals surface area contributed by atoms with E-state index in [2.05, 4.69) is 10.4 Å². The summed E-state index contributed by atoms with van der Waals surface area (Å²) >= 11 is 0. The number of hydrogen-bond acceptors (Lipinski definition) is 6. The van der Waals surface area contributed by atoms with E-state index in [-0.39, 0.29) is 16.9 Å². The van der Waals surface area contributed by atoms with Crippen molar-refractivity contribution in [3.8, 4) is 11.1 Å². The van der Waals surface area contributed by atoms with Crippen molar-refractivity contribution < 1.29 is 18.1 Å². The summed E-state index contributed by atoms with van der Waals surface area (Å²) in [7, 11) is 3.04. The van der Waals surface area contributed by atoms with E-state index >= 15 is 0 Å². The predicted molar refractivity (Wildman–Crippen MR) is 128 cm³/mol. The van der Waals surface area contributed by atoms with Gasteiger partial charge in [-0.3, -0.25) is 19.7 Å². The summed E-state index contributed by atoms with van der Waals surface area (Å²) in [4.78, 5) is 35.1. The molecule has 4 rings (SSSR count). The Hall–Kier alpha value is -4.48. The first-order valence-corrected chi connectivity index (χ1v) is 10.7. The molecule has 4 aromatic rings. The van der Waals surface area contributed by atoms with Gasteiger partial charge in [-0.1, -0.05) is 6.07 Å². The molecule has 1 unspecified atom stereocenters. The quantitative estimate of drug-likeness (QED) is 0.322. The molecule has 0 saturated carbocycles. The molecule has 9 nitrogen and oxygen atoms in total. The second-order valence-corrected chi connectivity index (χ2v) is 8.34. The molecule has 1 N–H and O–H groups in total. The van der Waals surface area contributed by atoms with Gasteiger partial charge in [0.25, 0.3) is 16.8 Å². The number of halogens is 3. The van der Waals surface area contributed by atoms with Crippen LogP contribution in [0.4, 0.5) is 24.7 Å². The van der Waals surface area contributed by atoms with Crippen LogP contribution in [0, 0.1) is 10.1 Å². The zero-order valence-corrected chi connectivity index (χ0v) is 19.3. The second kappa shape index (κ2) is 8.95. The first-order valence-electron chi connectivity index (χ1n) is 10.7. The van der Waals surface area contributed by atoms with Crippen LogP contribution in [0.3, 0.4) is 0 Å². The van der Waals surface area contributed by atoms with Crippen LogP contribution < -0.4 is 16.4 Å². The van der Waals surface area contributed by atoms with E-state index in [1.54, 1.807) is 37.5 Å². The van der Waals surface area contributed by atoms with E-state index in [1.165, 1.54) is 24.6 Å². The van der Waals surface area contributed by atoms with Crippen molar-refractivity contribution in [3.05, 3.63) is 96.7 Å². The molecule has 0 aliphatic heterocycles. The molecule has 186 valence electrons. The van der Waals surface area contributed by atoms with Crippen LogP contribution in [-0.4, -0.2) is 19.3 Å². The van der Waals surface area contributed by atoms with Gasteiger partial charge in [0.05, 0.1) is 21.9 Å². The minimum absolute atomic E-state index is 0.0167. The highest BCUT2D eigenvalue weighted by molar-refractivity contribution is 5.94. The zero-order chi connectivity index (χ0) is 26.4. The fourth-order valence-corrected chi connectivity index (χ4v) is 3.81. The number of hydrogen-bond donors (Lipinski definition) is 1. The van der Waals surface area contributed by atoms with E-state index in [1.807, 2.05) is 0 Å². The van der Waals surface area contributed by atoms with Crippen molar-refractivity contribution in [1.82, 2.24) is 14.3 Å². The number of alkyl halides is 3. The summed E-state index contributed by atoms with van der Waals surface area (Å²) in [6.45, 7) is 1.53. The molecule has 36 heavy (non-hydrogen) atoms. The first kappa shape index (κ1) is 24.6. The van der Waals surface area contributed by atoms with Gasteiger partial charge in [-0.15, -0.1) is 0 Å². The molecule has 12 heteroatoms. The number of nitrogens with zero attached hydrogens (tertiary/aromatic N) is 4. The van der Waals surface area contributed by atoms with Crippen LogP contribution in [0.1, 0.15) is 24.1 Å². The summed E-state index contributed by atoms with van der Waals surface area (Å²) < 4.78 is 42.5. The maximum Gasteiger partial charge on any atom is 0.416 e. The molecule has 2 aromatic carbocycles. The van der Waals surface area contributed by atoms with E-state index in [0.717, 1.165) is 16.8 Å². The Balaban J connectivity index is 1.83. The lowest BCUT2D eigenvalue weighted by Crippen LogP contribution is -2.22. The minimum Gasteiger partial charge on any atom is -0.362 e. The summed E-state index contributed by atoms with van der Waals surface area (Å²) in [5.41, 5.74) is -1.22. The van der Waals surface area contributed by atoms with E-state index in [4.69, 9.17) is 0 Å². The number of nitro benzene ring substituents is 1. The normalized spacial score (nSPS) is 12.5. The Morgan fingerprint density at radius 3 is 2.33 bits per heavy atom. The van der Waals surface area contributed by atoms with Crippen LogP contribution in [0.25, 0.3) is 21.9 Å². The van der Waals surface area contributed by atoms with Crippen molar-refractivity contribution in [3.63, 3.8) is 0 Å². The number of aryl methyl sites for hydroxylation is 2. The summed E-state index contributed by atoms with van der Waals surface area (Å²) in [6, 6.07) is 9.62. The van der Waals surface area contributed by atoms with Gasteiger partial charge in [0.15, 0.2) is 5.82 Å². The predicted octanol–water partition coefficient (Wildman–Crippen LogP) is 4.40. The standard InChI is InChI=1S/C24H20F3N5O4/c1-13(16-8-17(24(25,26)27)12-18(9-16)32(35)36)28-22-20-10-14(15-6-7-30(2)21(33)11-15)4-5-19(20)23(34)31(3)29-22/h4-13H,1-3H3,(H,28,29). The number of rotatable bonds is 5. The lowest BCUT2D eigenvalue weighted by Gasteiger charge is -2.19. The zero-order valence-electron chi connectivity index (χ0n) is 19.3. The number of anilines is 1. The number of non-ortho nitro benzene ring substituents is 1. The van der Waals surface area contributed by atoms with Gasteiger partial charge in [-0.2, -0.15) is 18.3 Å². The fourth-order valence-electron chi connectivity index (χ4n) is 3.81. The van der Waals surface area contributed by atoms with Gasteiger partial charge in [-0.25, -0.2) is 4.68 Å². The lowest BCUT2D eigenvalue weighted by atomic mass is 10.0. The summed E-state index contributed by atoms with van der Waals surface area (Å²) in [5, 5.41) is 19.1. The first-order chi connectivity index (χ1) is 16.8. The number of nitrogens with one attached hydrogen (secondary N) is 1. The summed E-state index contributed by atoms with van der Waals surface area (Å²) in [5.74, 6) is 0.186. The number of pyridine rings is 1. The van der Waals surface area contributed by atoms with Crippen LogP contribution in [0.5, 0.6) is 0 Å². The highest BCUT2D eigenvalue weighted by Crippen LogP contribution is 2.35. The molecular weight excluding hydrogens is 479 g/mol. The number of benzene rings is 2. The second-order valence-electron chi connectivity index (χ2n) is 8.34. The highest BCUT2D eigenvalue weighted by Gasteiger charge is 2.33. The Morgan fingerprint density at radius 1 is 1.00 bits per heavy atom. The molecular formula is C24H20F3N5O4. The monoisotopic (exact) mass is 499 g/mol. The largest absolute Gasteiger partial charge is 0.416 e. The molecule has 0 amide bonds.